The van der Waals surface area contributed by atoms with Crippen LogP contribution < -0.4 is 0 Å². The molecule has 6 nitrogen and oxygen atoms in total. The van der Waals surface area contributed by atoms with Crippen LogP contribution in [0.5, 0.6) is 0 Å². The number of furan rings is 1. The third-order valence-corrected chi connectivity index (χ3v) is 6.02. The van der Waals surface area contributed by atoms with Crippen LogP contribution in [-0.2, 0) is 22.5 Å². The number of amides is 1. The Morgan fingerprint density at radius 1 is 1.13 bits per heavy atom. The summed E-state index contributed by atoms with van der Waals surface area (Å²) in [5, 5.41) is 0. The number of carbonyl (C=O) groups is 2. The molecule has 0 spiro atoms. The number of benzene rings is 1. The third-order valence-electron chi connectivity index (χ3n) is 6.02. The quantitative estimate of drug-likeness (QED) is 0.523. The average Bonchev–Trinajstić information content (AvgIpc) is 3.31. The number of aryl methyl sites for hydroxylation is 3. The summed E-state index contributed by atoms with van der Waals surface area (Å²) in [6.45, 7) is 6.02. The highest BCUT2D eigenvalue weighted by molar-refractivity contribution is 5.97. The fraction of sp³-hybridized carbons (Fsp3) is 0.440. The van der Waals surface area contributed by atoms with E-state index in [0.717, 1.165) is 36.2 Å². The van der Waals surface area contributed by atoms with Gasteiger partial charge in [-0.1, -0.05) is 30.3 Å². The Balaban J connectivity index is 1.48. The van der Waals surface area contributed by atoms with Crippen LogP contribution in [0.1, 0.15) is 48.0 Å². The van der Waals surface area contributed by atoms with E-state index >= 15 is 0 Å². The first-order chi connectivity index (χ1) is 15.1. The van der Waals surface area contributed by atoms with E-state index in [0.29, 0.717) is 38.2 Å². The predicted molar refractivity (Wildman–Crippen MR) is 119 cm³/mol. The zero-order valence-corrected chi connectivity index (χ0v) is 18.3. The lowest BCUT2D eigenvalue weighted by Crippen LogP contribution is -2.41. The van der Waals surface area contributed by atoms with Crippen LogP contribution in [0.25, 0.3) is 11.1 Å². The molecule has 1 saturated heterocycles. The molecule has 1 fully saturated rings. The minimum Gasteiger partial charge on any atom is -0.466 e. The molecule has 1 aliphatic heterocycles. The second kappa shape index (κ2) is 9.41. The highest BCUT2D eigenvalue weighted by Crippen LogP contribution is 2.27. The van der Waals surface area contributed by atoms with E-state index in [1.165, 1.54) is 5.56 Å². The molecule has 0 atom stereocenters. The average molecular weight is 423 g/mol. The van der Waals surface area contributed by atoms with Crippen LogP contribution in [0, 0.1) is 12.8 Å². The van der Waals surface area contributed by atoms with Crippen molar-refractivity contribution in [2.24, 2.45) is 5.92 Å². The number of fused-ring (bicyclic) bond motifs is 1. The molecule has 1 aromatic carbocycles. The van der Waals surface area contributed by atoms with Gasteiger partial charge in [-0.3, -0.25) is 9.59 Å². The number of esters is 1. The van der Waals surface area contributed by atoms with Crippen molar-refractivity contribution in [2.75, 3.05) is 19.7 Å². The maximum Gasteiger partial charge on any atom is 0.309 e. The molecule has 0 radical (unpaired) electrons. The van der Waals surface area contributed by atoms with Gasteiger partial charge < -0.3 is 18.6 Å². The topological polar surface area (TPSA) is 64.7 Å². The van der Waals surface area contributed by atoms with E-state index in [9.17, 15) is 9.59 Å². The maximum atomic E-state index is 13.4. The maximum absolute atomic E-state index is 13.4. The van der Waals surface area contributed by atoms with Gasteiger partial charge in [0.15, 0.2) is 5.58 Å². The Kier molecular flexibility index (Phi) is 6.44. The van der Waals surface area contributed by atoms with Gasteiger partial charge in [-0.05, 0) is 45.1 Å². The molecule has 3 heterocycles. The number of aromatic nitrogens is 1. The van der Waals surface area contributed by atoms with Gasteiger partial charge in [0.1, 0.15) is 11.5 Å². The molecule has 0 aliphatic carbocycles. The zero-order valence-electron chi connectivity index (χ0n) is 18.3. The summed E-state index contributed by atoms with van der Waals surface area (Å²) >= 11 is 0. The lowest BCUT2D eigenvalue weighted by molar-refractivity contribution is -0.149. The van der Waals surface area contributed by atoms with Crippen LogP contribution in [0.15, 0.2) is 46.9 Å². The van der Waals surface area contributed by atoms with Gasteiger partial charge in [-0.25, -0.2) is 0 Å². The van der Waals surface area contributed by atoms with Crippen molar-refractivity contribution in [1.29, 1.82) is 0 Å². The molecule has 3 aromatic rings. The summed E-state index contributed by atoms with van der Waals surface area (Å²) in [6, 6.07) is 14.3. The summed E-state index contributed by atoms with van der Waals surface area (Å²) in [6.07, 6.45) is 3.18. The van der Waals surface area contributed by atoms with Crippen molar-refractivity contribution in [3.8, 4) is 0 Å². The molecule has 2 aromatic heterocycles. The van der Waals surface area contributed by atoms with Gasteiger partial charge in [0.05, 0.1) is 18.0 Å². The molecule has 6 heteroatoms. The molecule has 0 saturated carbocycles. The number of rotatable bonds is 7. The SMILES string of the molecule is CCOC(=O)C1CCN(C(=O)c2cc3oc(C)cc3n2CCCc2ccccc2)CC1. The minimum absolute atomic E-state index is 0.00562. The number of carbonyl (C=O) groups excluding carboxylic acids is 2. The van der Waals surface area contributed by atoms with Gasteiger partial charge in [-0.2, -0.15) is 0 Å². The van der Waals surface area contributed by atoms with Crippen molar-refractivity contribution < 1.29 is 18.7 Å². The molecular formula is C25H30N2O4. The van der Waals surface area contributed by atoms with E-state index in [4.69, 9.17) is 9.15 Å². The van der Waals surface area contributed by atoms with E-state index in [1.54, 1.807) is 0 Å². The van der Waals surface area contributed by atoms with E-state index in [-0.39, 0.29) is 17.8 Å². The fourth-order valence-electron chi connectivity index (χ4n) is 4.41. The van der Waals surface area contributed by atoms with Crippen LogP contribution in [0.3, 0.4) is 0 Å². The summed E-state index contributed by atoms with van der Waals surface area (Å²) in [4.78, 5) is 27.2. The van der Waals surface area contributed by atoms with Crippen molar-refractivity contribution in [2.45, 2.75) is 46.1 Å². The molecular weight excluding hydrogens is 392 g/mol. The lowest BCUT2D eigenvalue weighted by Gasteiger charge is -2.31. The Labute approximate surface area is 182 Å². The van der Waals surface area contributed by atoms with Crippen LogP contribution in [0.2, 0.25) is 0 Å². The zero-order chi connectivity index (χ0) is 21.8. The molecule has 4 rings (SSSR count). The highest BCUT2D eigenvalue weighted by Gasteiger charge is 2.30. The van der Waals surface area contributed by atoms with E-state index < -0.39 is 0 Å². The standard InChI is InChI=1S/C25H30N2O4/c1-3-30-25(29)20-11-14-26(15-12-20)24(28)22-17-23-21(16-18(2)31-23)27(22)13-7-10-19-8-5-4-6-9-19/h4-6,8-9,16-17,20H,3,7,10-15H2,1-2H3. The predicted octanol–water partition coefficient (Wildman–Crippen LogP) is 4.59. The van der Waals surface area contributed by atoms with E-state index in [1.807, 2.05) is 36.9 Å². The number of hydrogen-bond acceptors (Lipinski definition) is 4. The number of likely N-dealkylation sites (tertiary alicyclic amines) is 1. The molecule has 31 heavy (non-hydrogen) atoms. The summed E-state index contributed by atoms with van der Waals surface area (Å²) in [5.74, 6) is 0.592. The molecule has 1 aliphatic rings. The molecule has 0 bridgehead atoms. The number of piperidine rings is 1. The van der Waals surface area contributed by atoms with Crippen molar-refractivity contribution in [1.82, 2.24) is 9.47 Å². The van der Waals surface area contributed by atoms with Crippen molar-refractivity contribution in [3.63, 3.8) is 0 Å². The normalized spacial score (nSPS) is 14.8. The number of hydrogen-bond donors (Lipinski definition) is 0. The van der Waals surface area contributed by atoms with Crippen LogP contribution in [-0.4, -0.2) is 41.0 Å². The van der Waals surface area contributed by atoms with Crippen LogP contribution in [0.4, 0.5) is 0 Å². The van der Waals surface area contributed by atoms with Gasteiger partial charge in [-0.15, -0.1) is 0 Å². The van der Waals surface area contributed by atoms with Gasteiger partial charge in [0, 0.05) is 31.8 Å². The minimum atomic E-state index is -0.146. The summed E-state index contributed by atoms with van der Waals surface area (Å²) in [7, 11) is 0. The van der Waals surface area contributed by atoms with Gasteiger partial charge >= 0.3 is 5.97 Å². The summed E-state index contributed by atoms with van der Waals surface area (Å²) in [5.41, 5.74) is 3.68. The summed E-state index contributed by atoms with van der Waals surface area (Å²) < 4.78 is 13.0. The molecule has 164 valence electrons. The smallest absolute Gasteiger partial charge is 0.309 e. The Morgan fingerprint density at radius 2 is 1.87 bits per heavy atom. The van der Waals surface area contributed by atoms with Crippen molar-refractivity contribution >= 4 is 23.0 Å². The number of nitrogens with zero attached hydrogens (tertiary/aromatic N) is 2. The van der Waals surface area contributed by atoms with Gasteiger partial charge in [0.25, 0.3) is 5.91 Å². The molecule has 1 amide bonds. The molecule has 0 N–H and O–H groups in total. The lowest BCUT2D eigenvalue weighted by atomic mass is 9.97. The van der Waals surface area contributed by atoms with Gasteiger partial charge in [0.2, 0.25) is 0 Å². The van der Waals surface area contributed by atoms with E-state index in [2.05, 4.69) is 28.8 Å². The second-order valence-electron chi connectivity index (χ2n) is 8.20. The fourth-order valence-corrected chi connectivity index (χ4v) is 4.41. The Hall–Kier alpha value is -3.02. The monoisotopic (exact) mass is 422 g/mol. The first-order valence-corrected chi connectivity index (χ1v) is 11.2. The first-order valence-electron chi connectivity index (χ1n) is 11.2. The second-order valence-corrected chi connectivity index (χ2v) is 8.20. The Morgan fingerprint density at radius 3 is 2.58 bits per heavy atom. The third kappa shape index (κ3) is 4.68. The number of ether oxygens (including phenoxy) is 1. The molecule has 0 unspecified atom stereocenters. The Bertz CT molecular complexity index is 1040. The van der Waals surface area contributed by atoms with Crippen molar-refractivity contribution in [3.05, 3.63) is 59.5 Å². The van der Waals surface area contributed by atoms with Crippen LogP contribution >= 0.6 is 0 Å². The first kappa shape index (κ1) is 21.2. The largest absolute Gasteiger partial charge is 0.466 e. The highest BCUT2D eigenvalue weighted by atomic mass is 16.5.